The van der Waals surface area contributed by atoms with Crippen molar-refractivity contribution in [2.75, 3.05) is 0 Å². The predicted molar refractivity (Wildman–Crippen MR) is 182 cm³/mol. The van der Waals surface area contributed by atoms with E-state index in [0.717, 1.165) is 55.1 Å². The Morgan fingerprint density at radius 3 is 1.96 bits per heavy atom. The molecule has 0 spiro atoms. The average Bonchev–Trinajstić information content (AvgIpc) is 3.48. The lowest BCUT2D eigenvalue weighted by Crippen LogP contribution is -2.00. The molecular weight excluding hydrogens is 552 g/mol. The summed E-state index contributed by atoms with van der Waals surface area (Å²) in [6.45, 7) is 0. The zero-order valence-electron chi connectivity index (χ0n) is 24.1. The summed E-state index contributed by atoms with van der Waals surface area (Å²) in [6, 6.07) is 47.7. The molecule has 0 aliphatic heterocycles. The second-order valence-corrected chi connectivity index (χ2v) is 11.1. The fourth-order valence-electron chi connectivity index (χ4n) is 6.10. The molecule has 9 rings (SSSR count). The Morgan fingerprint density at radius 1 is 0.422 bits per heavy atom. The minimum Gasteiger partial charge on any atom is -0.456 e. The van der Waals surface area contributed by atoms with Gasteiger partial charge in [-0.2, -0.15) is 0 Å². The van der Waals surface area contributed by atoms with E-state index in [0.29, 0.717) is 17.5 Å². The third kappa shape index (κ3) is 4.41. The Bertz CT molecular complexity index is 2540. The molecule has 0 saturated heterocycles. The van der Waals surface area contributed by atoms with E-state index in [1.165, 1.54) is 16.3 Å². The molecule has 0 radical (unpaired) electrons. The van der Waals surface area contributed by atoms with E-state index < -0.39 is 0 Å². The molecule has 0 N–H and O–H groups in total. The number of hydrogen-bond acceptors (Lipinski definition) is 5. The van der Waals surface area contributed by atoms with Crippen molar-refractivity contribution in [2.24, 2.45) is 0 Å². The van der Waals surface area contributed by atoms with Crippen molar-refractivity contribution in [1.82, 2.24) is 19.9 Å². The molecule has 210 valence electrons. The molecule has 3 aromatic heterocycles. The molecular formula is C40H24N4O. The van der Waals surface area contributed by atoms with E-state index in [9.17, 15) is 0 Å². The van der Waals surface area contributed by atoms with E-state index >= 15 is 0 Å². The molecule has 9 aromatic rings. The number of pyridine rings is 1. The van der Waals surface area contributed by atoms with Gasteiger partial charge in [0.1, 0.15) is 11.2 Å². The van der Waals surface area contributed by atoms with Gasteiger partial charge in [0.25, 0.3) is 0 Å². The molecule has 0 fully saturated rings. The summed E-state index contributed by atoms with van der Waals surface area (Å²) in [4.78, 5) is 19.6. The highest BCUT2D eigenvalue weighted by Crippen LogP contribution is 2.38. The molecule has 0 saturated carbocycles. The third-order valence-electron chi connectivity index (χ3n) is 8.35. The maximum absolute atomic E-state index is 6.32. The number of furan rings is 1. The second kappa shape index (κ2) is 10.2. The van der Waals surface area contributed by atoms with Crippen molar-refractivity contribution >= 4 is 43.6 Å². The van der Waals surface area contributed by atoms with Gasteiger partial charge in [-0.05, 0) is 46.2 Å². The number of benzene rings is 6. The van der Waals surface area contributed by atoms with Crippen LogP contribution in [0.1, 0.15) is 0 Å². The van der Waals surface area contributed by atoms with Crippen LogP contribution in [0.15, 0.2) is 150 Å². The molecule has 0 atom stereocenters. The standard InChI is InChI=1S/C40H24N4O/c1-2-9-27(10-3-1)38-42-39(28-18-15-26(16-19-28)30-20-17-25-8-4-5-11-29(25)22-30)44-40(43-38)32-13-6-14-35-37(32)33-23-31-12-7-21-41-34(31)24-36(33)45-35/h1-24H. The second-order valence-electron chi connectivity index (χ2n) is 11.1. The summed E-state index contributed by atoms with van der Waals surface area (Å²) < 4.78 is 6.32. The molecule has 6 aromatic carbocycles. The van der Waals surface area contributed by atoms with E-state index in [1.54, 1.807) is 6.20 Å². The van der Waals surface area contributed by atoms with Crippen molar-refractivity contribution in [3.8, 4) is 45.3 Å². The summed E-state index contributed by atoms with van der Waals surface area (Å²) in [6.07, 6.45) is 1.80. The maximum Gasteiger partial charge on any atom is 0.164 e. The van der Waals surface area contributed by atoms with Crippen LogP contribution in [0.3, 0.4) is 0 Å². The van der Waals surface area contributed by atoms with Crippen LogP contribution >= 0.6 is 0 Å². The summed E-state index contributed by atoms with van der Waals surface area (Å²) in [5.41, 5.74) is 7.50. The van der Waals surface area contributed by atoms with Gasteiger partial charge in [-0.15, -0.1) is 0 Å². The van der Waals surface area contributed by atoms with Gasteiger partial charge in [0.2, 0.25) is 0 Å². The van der Waals surface area contributed by atoms with Crippen molar-refractivity contribution in [3.05, 3.63) is 146 Å². The minimum atomic E-state index is 0.594. The van der Waals surface area contributed by atoms with Crippen LogP contribution in [0.4, 0.5) is 0 Å². The van der Waals surface area contributed by atoms with Gasteiger partial charge in [-0.3, -0.25) is 4.98 Å². The number of nitrogens with zero attached hydrogens (tertiary/aromatic N) is 4. The van der Waals surface area contributed by atoms with Gasteiger partial charge in [0, 0.05) is 45.1 Å². The first-order chi connectivity index (χ1) is 22.3. The van der Waals surface area contributed by atoms with Gasteiger partial charge in [0.15, 0.2) is 17.5 Å². The van der Waals surface area contributed by atoms with Crippen LogP contribution in [-0.2, 0) is 0 Å². The van der Waals surface area contributed by atoms with Gasteiger partial charge in [-0.1, -0.05) is 109 Å². The Balaban J connectivity index is 1.21. The fourth-order valence-corrected chi connectivity index (χ4v) is 6.10. The smallest absolute Gasteiger partial charge is 0.164 e. The van der Waals surface area contributed by atoms with Crippen LogP contribution in [0.5, 0.6) is 0 Å². The van der Waals surface area contributed by atoms with Crippen LogP contribution in [0, 0.1) is 0 Å². The average molecular weight is 577 g/mol. The number of fused-ring (bicyclic) bond motifs is 5. The third-order valence-corrected chi connectivity index (χ3v) is 8.35. The molecule has 0 unspecified atom stereocenters. The summed E-state index contributed by atoms with van der Waals surface area (Å²) >= 11 is 0. The molecule has 5 nitrogen and oxygen atoms in total. The van der Waals surface area contributed by atoms with Gasteiger partial charge in [0.05, 0.1) is 5.52 Å². The van der Waals surface area contributed by atoms with E-state index in [1.807, 2.05) is 54.6 Å². The maximum atomic E-state index is 6.32. The van der Waals surface area contributed by atoms with Crippen molar-refractivity contribution in [1.29, 1.82) is 0 Å². The molecule has 5 heteroatoms. The number of aromatic nitrogens is 4. The highest BCUT2D eigenvalue weighted by atomic mass is 16.3. The van der Waals surface area contributed by atoms with E-state index in [2.05, 4.69) is 89.9 Å². The molecule has 0 aliphatic carbocycles. The highest BCUT2D eigenvalue weighted by Gasteiger charge is 2.18. The van der Waals surface area contributed by atoms with E-state index in [-0.39, 0.29) is 0 Å². The summed E-state index contributed by atoms with van der Waals surface area (Å²) in [5, 5.41) is 5.48. The minimum absolute atomic E-state index is 0.594. The summed E-state index contributed by atoms with van der Waals surface area (Å²) in [5.74, 6) is 1.83. The van der Waals surface area contributed by atoms with Crippen LogP contribution < -0.4 is 0 Å². The number of hydrogen-bond donors (Lipinski definition) is 0. The predicted octanol–water partition coefficient (Wildman–Crippen LogP) is 10.1. The first kappa shape index (κ1) is 25.3. The topological polar surface area (TPSA) is 64.7 Å². The Morgan fingerprint density at radius 2 is 1.11 bits per heavy atom. The first-order valence-corrected chi connectivity index (χ1v) is 14.9. The van der Waals surface area contributed by atoms with Crippen molar-refractivity contribution < 1.29 is 4.42 Å². The lowest BCUT2D eigenvalue weighted by atomic mass is 10.00. The molecule has 3 heterocycles. The molecule has 0 bridgehead atoms. The largest absolute Gasteiger partial charge is 0.456 e. The Kier molecular flexibility index (Phi) is 5.74. The molecule has 45 heavy (non-hydrogen) atoms. The van der Waals surface area contributed by atoms with E-state index in [4.69, 9.17) is 19.4 Å². The molecule has 0 amide bonds. The Hall–Kier alpha value is -6.20. The lowest BCUT2D eigenvalue weighted by Gasteiger charge is -2.10. The van der Waals surface area contributed by atoms with Crippen LogP contribution in [0.25, 0.3) is 88.9 Å². The van der Waals surface area contributed by atoms with Crippen LogP contribution in [-0.4, -0.2) is 19.9 Å². The highest BCUT2D eigenvalue weighted by molar-refractivity contribution is 6.14. The zero-order valence-corrected chi connectivity index (χ0v) is 24.1. The van der Waals surface area contributed by atoms with Crippen LogP contribution in [0.2, 0.25) is 0 Å². The van der Waals surface area contributed by atoms with Gasteiger partial charge >= 0.3 is 0 Å². The molecule has 0 aliphatic rings. The SMILES string of the molecule is c1ccc(-c2nc(-c3ccc(-c4ccc5ccccc5c4)cc3)nc(-c3cccc4oc5cc6ncccc6cc5c34)n2)cc1. The quantitative estimate of drug-likeness (QED) is 0.209. The van der Waals surface area contributed by atoms with Gasteiger partial charge < -0.3 is 4.42 Å². The summed E-state index contributed by atoms with van der Waals surface area (Å²) in [7, 11) is 0. The van der Waals surface area contributed by atoms with Crippen molar-refractivity contribution in [2.45, 2.75) is 0 Å². The fraction of sp³-hybridized carbons (Fsp3) is 0. The normalized spacial score (nSPS) is 11.6. The number of rotatable bonds is 4. The zero-order chi connectivity index (χ0) is 29.7. The monoisotopic (exact) mass is 576 g/mol. The first-order valence-electron chi connectivity index (χ1n) is 14.9. The van der Waals surface area contributed by atoms with Gasteiger partial charge in [-0.25, -0.2) is 15.0 Å². The Labute approximate surface area is 258 Å². The lowest BCUT2D eigenvalue weighted by molar-refractivity contribution is 0.669. The van der Waals surface area contributed by atoms with Crippen molar-refractivity contribution in [3.63, 3.8) is 0 Å².